The van der Waals surface area contributed by atoms with E-state index in [0.717, 1.165) is 0 Å². The second-order valence-corrected chi connectivity index (χ2v) is 4.02. The molecule has 1 heterocycles. The SMILES string of the molecule is O=P1(F)OC(Cl)C(F)(F)C(Cl)O1. The van der Waals surface area contributed by atoms with Gasteiger partial charge in [-0.05, 0) is 0 Å². The van der Waals surface area contributed by atoms with Gasteiger partial charge >= 0.3 is 13.8 Å². The Bertz CT molecular complexity index is 219. The smallest absolute Gasteiger partial charge is 0.257 e. The molecule has 0 N–H and O–H groups in total. The Morgan fingerprint density at radius 3 is 1.92 bits per heavy atom. The highest BCUT2D eigenvalue weighted by atomic mass is 35.5. The van der Waals surface area contributed by atoms with Crippen LogP contribution in [0.3, 0.4) is 0 Å². The second-order valence-electron chi connectivity index (χ2n) is 1.95. The van der Waals surface area contributed by atoms with Crippen molar-refractivity contribution < 1.29 is 26.6 Å². The molecule has 1 saturated heterocycles. The number of hydrogen-bond donors (Lipinski definition) is 0. The van der Waals surface area contributed by atoms with E-state index < -0.39 is 25.0 Å². The summed E-state index contributed by atoms with van der Waals surface area (Å²) in [5, 5.41) is 0. The average Bonchev–Trinajstić information content (AvgIpc) is 1.82. The molecule has 1 rings (SSSR count). The lowest BCUT2D eigenvalue weighted by molar-refractivity contribution is -0.143. The van der Waals surface area contributed by atoms with Gasteiger partial charge in [0, 0.05) is 0 Å². The Morgan fingerprint density at radius 1 is 1.25 bits per heavy atom. The minimum absolute atomic E-state index is 2.38. The molecule has 0 spiro atoms. The van der Waals surface area contributed by atoms with E-state index in [9.17, 15) is 17.5 Å². The zero-order valence-electron chi connectivity index (χ0n) is 5.22. The van der Waals surface area contributed by atoms with Gasteiger partial charge < -0.3 is 0 Å². The van der Waals surface area contributed by atoms with Crippen molar-refractivity contribution in [2.45, 2.75) is 17.0 Å². The van der Waals surface area contributed by atoms with Gasteiger partial charge in [0.15, 0.2) is 0 Å². The van der Waals surface area contributed by atoms with Crippen LogP contribution in [0.2, 0.25) is 0 Å². The molecule has 0 aromatic carbocycles. The first kappa shape index (κ1) is 10.6. The van der Waals surface area contributed by atoms with E-state index in [4.69, 9.17) is 23.2 Å². The van der Waals surface area contributed by atoms with Crippen LogP contribution in [0.5, 0.6) is 0 Å². The zero-order valence-corrected chi connectivity index (χ0v) is 7.62. The summed E-state index contributed by atoms with van der Waals surface area (Å²) < 4.78 is 54.8. The predicted molar refractivity (Wildman–Crippen MR) is 35.1 cm³/mol. The van der Waals surface area contributed by atoms with Gasteiger partial charge in [-0.3, -0.25) is 9.05 Å². The monoisotopic (exact) mass is 244 g/mol. The zero-order chi connectivity index (χ0) is 9.57. The Hall–Kier alpha value is 0.520. The molecular weight excluding hydrogens is 243 g/mol. The molecule has 1 aliphatic heterocycles. The van der Waals surface area contributed by atoms with Crippen LogP contribution in [-0.2, 0) is 13.6 Å². The molecule has 9 heteroatoms. The molecule has 0 aliphatic carbocycles. The summed E-state index contributed by atoms with van der Waals surface area (Å²) in [4.78, 5) is 0. The third kappa shape index (κ3) is 1.88. The standard InChI is InChI=1S/C3H2Cl2F3O3P/c4-1-3(6,7)2(5)11-12(8,9)10-1/h1-2H. The van der Waals surface area contributed by atoms with Gasteiger partial charge in [-0.1, -0.05) is 23.2 Å². The first-order valence-corrected chi connectivity index (χ1v) is 4.89. The molecule has 72 valence electrons. The highest BCUT2D eigenvalue weighted by molar-refractivity contribution is 7.48. The van der Waals surface area contributed by atoms with Crippen molar-refractivity contribution in [3.8, 4) is 0 Å². The third-order valence-electron chi connectivity index (χ3n) is 1.04. The molecule has 2 atom stereocenters. The van der Waals surface area contributed by atoms with E-state index in [1.165, 1.54) is 0 Å². The largest absolute Gasteiger partial charge is 0.516 e. The molecule has 12 heavy (non-hydrogen) atoms. The lowest BCUT2D eigenvalue weighted by atomic mass is 10.4. The van der Waals surface area contributed by atoms with Crippen molar-refractivity contribution in [3.63, 3.8) is 0 Å². The number of hydrogen-bond acceptors (Lipinski definition) is 3. The van der Waals surface area contributed by atoms with E-state index >= 15 is 0 Å². The first-order chi connectivity index (χ1) is 5.26. The molecule has 0 saturated carbocycles. The summed E-state index contributed by atoms with van der Waals surface area (Å²) in [6.07, 6.45) is 0. The molecular formula is C3H2Cl2F3O3P. The first-order valence-electron chi connectivity index (χ1n) is 2.58. The molecule has 1 aliphatic rings. The Kier molecular flexibility index (Phi) is 2.67. The summed E-state index contributed by atoms with van der Waals surface area (Å²) >= 11 is 9.68. The van der Waals surface area contributed by atoms with Gasteiger partial charge in [0.1, 0.15) is 0 Å². The quantitative estimate of drug-likeness (QED) is 0.486. The van der Waals surface area contributed by atoms with Crippen LogP contribution in [0.4, 0.5) is 13.0 Å². The van der Waals surface area contributed by atoms with Crippen molar-refractivity contribution in [3.05, 3.63) is 0 Å². The number of halogens is 5. The van der Waals surface area contributed by atoms with Crippen molar-refractivity contribution in [2.24, 2.45) is 0 Å². The summed E-state index contributed by atoms with van der Waals surface area (Å²) in [5.74, 6) is -3.77. The van der Waals surface area contributed by atoms with Crippen LogP contribution < -0.4 is 0 Å². The minimum Gasteiger partial charge on any atom is -0.257 e. The normalized spacial score (nSPS) is 47.4. The molecule has 3 nitrogen and oxygen atoms in total. The molecule has 0 amide bonds. The number of alkyl halides is 4. The summed E-state index contributed by atoms with van der Waals surface area (Å²) in [5.41, 5.74) is -4.77. The third-order valence-corrected chi connectivity index (χ3v) is 2.98. The van der Waals surface area contributed by atoms with Gasteiger partial charge in [-0.25, -0.2) is 4.57 Å². The molecule has 2 unspecified atom stereocenters. The van der Waals surface area contributed by atoms with Crippen molar-refractivity contribution in [1.29, 1.82) is 0 Å². The highest BCUT2D eigenvalue weighted by Crippen LogP contribution is 2.60. The van der Waals surface area contributed by atoms with Crippen LogP contribution in [0.1, 0.15) is 0 Å². The van der Waals surface area contributed by atoms with E-state index in [1.54, 1.807) is 0 Å². The highest BCUT2D eigenvalue weighted by Gasteiger charge is 2.58. The van der Waals surface area contributed by atoms with Gasteiger partial charge in [-0.15, -0.1) is 4.20 Å². The fourth-order valence-electron chi connectivity index (χ4n) is 0.489. The summed E-state index contributed by atoms with van der Waals surface area (Å²) in [6, 6.07) is 0. The maximum atomic E-state index is 12.5. The van der Waals surface area contributed by atoms with Crippen LogP contribution in [0.25, 0.3) is 0 Å². The second kappa shape index (κ2) is 3.03. The van der Waals surface area contributed by atoms with Crippen molar-refractivity contribution in [2.75, 3.05) is 0 Å². The fraction of sp³-hybridized carbons (Fsp3) is 1.00. The molecule has 0 aromatic heterocycles. The van der Waals surface area contributed by atoms with Crippen LogP contribution in [0.15, 0.2) is 0 Å². The molecule has 0 bridgehead atoms. The summed E-state index contributed by atoms with van der Waals surface area (Å²) in [6.45, 7) is 0. The predicted octanol–water partition coefficient (Wildman–Crippen LogP) is 2.88. The van der Waals surface area contributed by atoms with Gasteiger partial charge in [0.25, 0.3) is 0 Å². The maximum absolute atomic E-state index is 12.5. The molecule has 1 fully saturated rings. The molecule has 0 radical (unpaired) electrons. The van der Waals surface area contributed by atoms with Crippen molar-refractivity contribution in [1.82, 2.24) is 0 Å². The van der Waals surface area contributed by atoms with Crippen LogP contribution in [-0.4, -0.2) is 17.0 Å². The van der Waals surface area contributed by atoms with Gasteiger partial charge in [0.2, 0.25) is 11.1 Å². The minimum atomic E-state index is -5.02. The van der Waals surface area contributed by atoms with E-state index in [-0.39, 0.29) is 0 Å². The van der Waals surface area contributed by atoms with Crippen LogP contribution >= 0.6 is 31.1 Å². The van der Waals surface area contributed by atoms with Gasteiger partial charge in [0.05, 0.1) is 0 Å². The van der Waals surface area contributed by atoms with E-state index in [2.05, 4.69) is 9.05 Å². The lowest BCUT2D eigenvalue weighted by Gasteiger charge is -2.31. The topological polar surface area (TPSA) is 35.5 Å². The van der Waals surface area contributed by atoms with E-state index in [0.29, 0.717) is 0 Å². The Labute approximate surface area is 75.4 Å². The molecule has 0 aromatic rings. The van der Waals surface area contributed by atoms with Gasteiger partial charge in [-0.2, -0.15) is 8.78 Å². The Morgan fingerprint density at radius 2 is 1.58 bits per heavy atom. The average molecular weight is 245 g/mol. The Balaban J connectivity index is 2.85. The maximum Gasteiger partial charge on any atom is 0.516 e. The lowest BCUT2D eigenvalue weighted by Crippen LogP contribution is -2.44. The fourth-order valence-corrected chi connectivity index (χ4v) is 2.13. The van der Waals surface area contributed by atoms with Crippen molar-refractivity contribution >= 4 is 31.1 Å². The number of rotatable bonds is 0. The van der Waals surface area contributed by atoms with E-state index in [1.807, 2.05) is 0 Å². The van der Waals surface area contributed by atoms with Crippen LogP contribution in [0, 0.1) is 0 Å². The summed E-state index contributed by atoms with van der Waals surface area (Å²) in [7, 11) is -5.02.